The van der Waals surface area contributed by atoms with Crippen molar-refractivity contribution >= 4 is 29.3 Å². The summed E-state index contributed by atoms with van der Waals surface area (Å²) >= 11 is 1.31. The minimum Gasteiger partial charge on any atom is -0.452 e. The Morgan fingerprint density at radius 3 is 2.89 bits per heavy atom. The largest absolute Gasteiger partial charge is 0.452 e. The van der Waals surface area contributed by atoms with E-state index in [2.05, 4.69) is 10.4 Å². The first-order valence-electron chi connectivity index (χ1n) is 8.27. The molecule has 0 aliphatic heterocycles. The number of carbonyl (C=O) groups is 2. The lowest BCUT2D eigenvalue weighted by atomic mass is 10.3. The Morgan fingerprint density at radius 1 is 1.25 bits per heavy atom. The molecule has 8 nitrogen and oxygen atoms in total. The molecule has 0 unspecified atom stereocenters. The fourth-order valence-corrected chi connectivity index (χ4v) is 2.99. The molecule has 2 heterocycles. The molecule has 1 amide bonds. The number of rotatable bonds is 8. The molecule has 3 aromatic rings. The lowest BCUT2D eigenvalue weighted by molar-refractivity contribution is -0.119. The molecule has 3 rings (SSSR count). The Balaban J connectivity index is 1.51. The molecule has 0 fully saturated rings. The van der Waals surface area contributed by atoms with Gasteiger partial charge < -0.3 is 14.5 Å². The molecule has 1 N–H and O–H groups in total. The van der Waals surface area contributed by atoms with Crippen molar-refractivity contribution in [3.63, 3.8) is 0 Å². The van der Waals surface area contributed by atoms with E-state index in [1.807, 2.05) is 12.1 Å². The zero-order valence-electron chi connectivity index (χ0n) is 14.7. The van der Waals surface area contributed by atoms with E-state index in [0.717, 1.165) is 4.90 Å². The number of carbonyl (C=O) groups excluding carboxylic acids is 2. The summed E-state index contributed by atoms with van der Waals surface area (Å²) in [5.41, 5.74) is 0.559. The molecule has 2 aromatic heterocycles. The van der Waals surface area contributed by atoms with E-state index in [1.165, 1.54) is 17.8 Å². The lowest BCUT2D eigenvalue weighted by Crippen LogP contribution is -2.21. The normalized spacial score (nSPS) is 10.2. The van der Waals surface area contributed by atoms with Gasteiger partial charge in [0.05, 0.1) is 24.1 Å². The van der Waals surface area contributed by atoms with E-state index in [9.17, 15) is 9.59 Å². The number of ether oxygens (including phenoxy) is 1. The number of aromatic nitrogens is 2. The van der Waals surface area contributed by atoms with E-state index in [4.69, 9.17) is 14.4 Å². The van der Waals surface area contributed by atoms with Crippen LogP contribution in [0.4, 0.5) is 5.69 Å². The molecule has 0 saturated heterocycles. The number of nitriles is 1. The van der Waals surface area contributed by atoms with Crippen LogP contribution in [0.5, 0.6) is 0 Å². The summed E-state index contributed by atoms with van der Waals surface area (Å²) in [6, 6.07) is 14.1. The minimum atomic E-state index is -0.728. The van der Waals surface area contributed by atoms with Crippen LogP contribution in [0.25, 0.3) is 0 Å². The van der Waals surface area contributed by atoms with Crippen molar-refractivity contribution in [2.45, 2.75) is 11.4 Å². The number of esters is 1. The molecular formula is C19H16N4O4S. The highest BCUT2D eigenvalue weighted by Crippen LogP contribution is 2.26. The van der Waals surface area contributed by atoms with Gasteiger partial charge in [0.15, 0.2) is 6.61 Å². The Kier molecular flexibility index (Phi) is 6.49. The molecule has 0 saturated carbocycles. The average Bonchev–Trinajstić information content (AvgIpc) is 3.38. The Hall–Kier alpha value is -3.51. The molecule has 1 aromatic carbocycles. The maximum atomic E-state index is 12.1. The molecule has 0 aliphatic carbocycles. The number of nitrogens with one attached hydrogen (secondary N) is 1. The third kappa shape index (κ3) is 5.25. The molecule has 0 bridgehead atoms. The first kappa shape index (κ1) is 19.3. The molecule has 142 valence electrons. The van der Waals surface area contributed by atoms with E-state index in [1.54, 1.807) is 47.4 Å². The number of hydrogen-bond donors (Lipinski definition) is 1. The quantitative estimate of drug-likeness (QED) is 0.460. The number of thioether (sulfide) groups is 1. The van der Waals surface area contributed by atoms with Gasteiger partial charge in [0.2, 0.25) is 5.76 Å². The van der Waals surface area contributed by atoms with E-state index >= 15 is 0 Å². The van der Waals surface area contributed by atoms with Crippen LogP contribution < -0.4 is 5.32 Å². The smallest absolute Gasteiger partial charge is 0.374 e. The fraction of sp³-hybridized carbons (Fsp3) is 0.158. The molecule has 28 heavy (non-hydrogen) atoms. The third-order valence-corrected chi connectivity index (χ3v) is 4.47. The maximum Gasteiger partial charge on any atom is 0.374 e. The number of para-hydroxylation sites is 1. The van der Waals surface area contributed by atoms with Crippen molar-refractivity contribution in [1.29, 1.82) is 5.26 Å². The summed E-state index contributed by atoms with van der Waals surface area (Å²) in [5.74, 6) is -0.388. The van der Waals surface area contributed by atoms with Gasteiger partial charge in [-0.25, -0.2) is 4.79 Å². The second-order valence-corrected chi connectivity index (χ2v) is 6.55. The van der Waals surface area contributed by atoms with Crippen molar-refractivity contribution in [2.24, 2.45) is 0 Å². The van der Waals surface area contributed by atoms with E-state index < -0.39 is 18.5 Å². The van der Waals surface area contributed by atoms with Crippen LogP contribution in [-0.4, -0.2) is 34.0 Å². The number of anilines is 1. The highest BCUT2D eigenvalue weighted by molar-refractivity contribution is 7.99. The van der Waals surface area contributed by atoms with Gasteiger partial charge in [0.1, 0.15) is 5.76 Å². The van der Waals surface area contributed by atoms with Crippen LogP contribution in [0, 0.1) is 11.3 Å². The van der Waals surface area contributed by atoms with Crippen molar-refractivity contribution in [3.8, 4) is 6.07 Å². The number of benzene rings is 1. The van der Waals surface area contributed by atoms with Crippen LogP contribution in [0.2, 0.25) is 0 Å². The summed E-state index contributed by atoms with van der Waals surface area (Å²) in [4.78, 5) is 24.9. The number of furan rings is 1. The summed E-state index contributed by atoms with van der Waals surface area (Å²) in [5, 5.41) is 15.4. The highest BCUT2D eigenvalue weighted by atomic mass is 32.2. The lowest BCUT2D eigenvalue weighted by Gasteiger charge is -2.09. The van der Waals surface area contributed by atoms with Gasteiger partial charge in [0.25, 0.3) is 5.91 Å². The van der Waals surface area contributed by atoms with Crippen molar-refractivity contribution in [1.82, 2.24) is 9.78 Å². The topological polar surface area (TPSA) is 110 Å². The van der Waals surface area contributed by atoms with Crippen molar-refractivity contribution in [3.05, 3.63) is 66.4 Å². The van der Waals surface area contributed by atoms with Crippen molar-refractivity contribution < 1.29 is 18.7 Å². The van der Waals surface area contributed by atoms with E-state index in [-0.39, 0.29) is 11.5 Å². The second-order valence-electron chi connectivity index (χ2n) is 5.54. The van der Waals surface area contributed by atoms with Gasteiger partial charge >= 0.3 is 5.97 Å². The third-order valence-electron chi connectivity index (χ3n) is 3.53. The van der Waals surface area contributed by atoms with Crippen molar-refractivity contribution in [2.75, 3.05) is 17.7 Å². The van der Waals surface area contributed by atoms with Gasteiger partial charge in [-0.2, -0.15) is 10.4 Å². The second kappa shape index (κ2) is 9.43. The SMILES string of the molecule is N#CCSc1ccccc1NC(=O)COC(=O)c1ccc(Cn2cccn2)o1. The first-order chi connectivity index (χ1) is 13.7. The van der Waals surface area contributed by atoms with Gasteiger partial charge in [-0.05, 0) is 30.3 Å². The zero-order valence-corrected chi connectivity index (χ0v) is 15.5. The molecule has 9 heteroatoms. The zero-order chi connectivity index (χ0) is 19.8. The van der Waals surface area contributed by atoms with Crippen LogP contribution in [0.1, 0.15) is 16.3 Å². The van der Waals surface area contributed by atoms with Gasteiger partial charge in [-0.3, -0.25) is 9.48 Å². The number of hydrogen-bond acceptors (Lipinski definition) is 7. The van der Waals surface area contributed by atoms with Crippen LogP contribution >= 0.6 is 11.8 Å². The molecule has 0 radical (unpaired) electrons. The minimum absolute atomic E-state index is 0.0138. The number of amides is 1. The standard InChI is InChI=1S/C19H16N4O4S/c20-8-11-28-17-5-2-1-4-15(17)22-18(24)13-26-19(25)16-7-6-14(27-16)12-23-10-3-9-21-23/h1-7,9-10H,11-13H2,(H,22,24). The summed E-state index contributed by atoms with van der Waals surface area (Å²) < 4.78 is 12.1. The molecule has 0 atom stereocenters. The Labute approximate surface area is 165 Å². The fourth-order valence-electron chi connectivity index (χ4n) is 2.32. The molecule has 0 aliphatic rings. The predicted octanol–water partition coefficient (Wildman–Crippen LogP) is 2.94. The highest BCUT2D eigenvalue weighted by Gasteiger charge is 2.15. The van der Waals surface area contributed by atoms with Gasteiger partial charge in [0, 0.05) is 17.3 Å². The van der Waals surface area contributed by atoms with Gasteiger partial charge in [-0.1, -0.05) is 12.1 Å². The Bertz CT molecular complexity index is 992. The summed E-state index contributed by atoms with van der Waals surface area (Å²) in [6.45, 7) is -0.0663. The van der Waals surface area contributed by atoms with Gasteiger partial charge in [-0.15, -0.1) is 11.8 Å². The first-order valence-corrected chi connectivity index (χ1v) is 9.26. The van der Waals surface area contributed by atoms with Crippen LogP contribution in [0.15, 0.2) is 64.2 Å². The van der Waals surface area contributed by atoms with Crippen LogP contribution in [0.3, 0.4) is 0 Å². The van der Waals surface area contributed by atoms with E-state index in [0.29, 0.717) is 18.0 Å². The molecular weight excluding hydrogens is 380 g/mol. The summed E-state index contributed by atoms with van der Waals surface area (Å²) in [6.07, 6.45) is 3.42. The average molecular weight is 396 g/mol. The predicted molar refractivity (Wildman–Crippen MR) is 102 cm³/mol. The number of nitrogens with zero attached hydrogens (tertiary/aromatic N) is 3. The monoisotopic (exact) mass is 396 g/mol. The maximum absolute atomic E-state index is 12.1. The van der Waals surface area contributed by atoms with Crippen LogP contribution in [-0.2, 0) is 16.1 Å². The Morgan fingerprint density at radius 2 is 2.11 bits per heavy atom. The summed E-state index contributed by atoms with van der Waals surface area (Å²) in [7, 11) is 0. The molecule has 0 spiro atoms.